The topological polar surface area (TPSA) is 33.5 Å². The van der Waals surface area contributed by atoms with Gasteiger partial charge in [0.2, 0.25) is 0 Å². The number of Topliss-reactive ketones (excluding diaryl/α,β-unsaturated/α-hetero) is 1. The minimum atomic E-state index is 0.163. The summed E-state index contributed by atoms with van der Waals surface area (Å²) in [5.41, 5.74) is 0. The van der Waals surface area contributed by atoms with Crippen molar-refractivity contribution in [3.8, 4) is 0 Å². The fraction of sp³-hybridized carbons (Fsp3) is 0.583. The Morgan fingerprint density at radius 2 is 2.40 bits per heavy atom. The van der Waals surface area contributed by atoms with Gasteiger partial charge in [-0.1, -0.05) is 6.92 Å². The van der Waals surface area contributed by atoms with Gasteiger partial charge < -0.3 is 4.42 Å². The molecule has 0 amide bonds. The molecule has 0 radical (unpaired) electrons. The molecule has 3 heteroatoms. The Morgan fingerprint density at radius 1 is 1.60 bits per heavy atom. The van der Waals surface area contributed by atoms with Crippen molar-refractivity contribution >= 4 is 5.78 Å². The van der Waals surface area contributed by atoms with E-state index in [9.17, 15) is 4.79 Å². The summed E-state index contributed by atoms with van der Waals surface area (Å²) in [4.78, 5) is 13.7. The molecule has 1 aliphatic heterocycles. The molecule has 0 spiro atoms. The average molecular weight is 207 g/mol. The van der Waals surface area contributed by atoms with E-state index in [-0.39, 0.29) is 12.0 Å². The number of ketones is 1. The summed E-state index contributed by atoms with van der Waals surface area (Å²) in [7, 11) is 0. The van der Waals surface area contributed by atoms with Gasteiger partial charge in [-0.25, -0.2) is 0 Å². The predicted octanol–water partition coefficient (Wildman–Crippen LogP) is 2.25. The third kappa shape index (κ3) is 2.12. The van der Waals surface area contributed by atoms with Crippen LogP contribution in [0.25, 0.3) is 0 Å². The Labute approximate surface area is 90.1 Å². The van der Waals surface area contributed by atoms with Crippen molar-refractivity contribution in [3.05, 3.63) is 24.2 Å². The third-order valence-corrected chi connectivity index (χ3v) is 3.21. The lowest BCUT2D eigenvalue weighted by Crippen LogP contribution is -2.40. The number of rotatable bonds is 2. The molecule has 82 valence electrons. The summed E-state index contributed by atoms with van der Waals surface area (Å²) < 4.78 is 5.38. The summed E-state index contributed by atoms with van der Waals surface area (Å²) in [5, 5.41) is 0. The normalized spacial score (nSPS) is 25.5. The summed E-state index contributed by atoms with van der Waals surface area (Å²) in [6.45, 7) is 5.83. The van der Waals surface area contributed by atoms with Crippen LogP contribution in [-0.4, -0.2) is 23.8 Å². The van der Waals surface area contributed by atoms with Gasteiger partial charge in [0, 0.05) is 25.4 Å². The number of furan rings is 1. The van der Waals surface area contributed by atoms with Crippen LogP contribution in [0.4, 0.5) is 0 Å². The van der Waals surface area contributed by atoms with Crippen molar-refractivity contribution in [2.24, 2.45) is 5.92 Å². The van der Waals surface area contributed by atoms with E-state index in [0.717, 1.165) is 18.8 Å². The quantitative estimate of drug-likeness (QED) is 0.745. The molecular weight excluding hydrogens is 190 g/mol. The van der Waals surface area contributed by atoms with E-state index in [4.69, 9.17) is 4.42 Å². The molecule has 1 saturated heterocycles. The number of hydrogen-bond donors (Lipinski definition) is 0. The van der Waals surface area contributed by atoms with E-state index in [1.54, 1.807) is 6.26 Å². The van der Waals surface area contributed by atoms with Gasteiger partial charge in [-0.3, -0.25) is 9.69 Å². The first-order valence-electron chi connectivity index (χ1n) is 5.48. The second-order valence-corrected chi connectivity index (χ2v) is 4.30. The number of likely N-dealkylation sites (tertiary alicyclic amines) is 1. The Hall–Kier alpha value is -1.09. The zero-order chi connectivity index (χ0) is 10.8. The molecule has 0 aromatic carbocycles. The molecule has 1 aliphatic rings. The summed E-state index contributed by atoms with van der Waals surface area (Å²) in [6, 6.07) is 4.17. The maximum Gasteiger partial charge on any atom is 0.138 e. The van der Waals surface area contributed by atoms with Crippen LogP contribution >= 0.6 is 0 Å². The van der Waals surface area contributed by atoms with E-state index in [2.05, 4.69) is 11.8 Å². The second kappa shape index (κ2) is 4.19. The SMILES string of the molecule is CC1CN(C(C)c2ccco2)CCC1=O. The van der Waals surface area contributed by atoms with Gasteiger partial charge in [0.15, 0.2) is 0 Å². The molecule has 1 fully saturated rings. The van der Waals surface area contributed by atoms with E-state index < -0.39 is 0 Å². The first-order valence-corrected chi connectivity index (χ1v) is 5.48. The molecule has 0 N–H and O–H groups in total. The Bertz CT molecular complexity index is 331. The Morgan fingerprint density at radius 3 is 3.00 bits per heavy atom. The van der Waals surface area contributed by atoms with Crippen LogP contribution in [0.2, 0.25) is 0 Å². The molecule has 2 atom stereocenters. The fourth-order valence-electron chi connectivity index (χ4n) is 2.11. The number of carbonyl (C=O) groups is 1. The van der Waals surface area contributed by atoms with Crippen molar-refractivity contribution in [3.63, 3.8) is 0 Å². The van der Waals surface area contributed by atoms with Gasteiger partial charge in [-0.05, 0) is 19.1 Å². The van der Waals surface area contributed by atoms with Crippen LogP contribution in [-0.2, 0) is 4.79 Å². The van der Waals surface area contributed by atoms with Gasteiger partial charge in [-0.15, -0.1) is 0 Å². The Balaban J connectivity index is 2.03. The lowest BCUT2D eigenvalue weighted by molar-refractivity contribution is -0.126. The molecule has 1 aromatic heterocycles. The summed E-state index contributed by atoms with van der Waals surface area (Å²) in [5.74, 6) is 1.53. The first-order chi connectivity index (χ1) is 7.18. The zero-order valence-corrected chi connectivity index (χ0v) is 9.27. The van der Waals surface area contributed by atoms with Crippen LogP contribution in [0.3, 0.4) is 0 Å². The van der Waals surface area contributed by atoms with Crippen LogP contribution in [0.5, 0.6) is 0 Å². The van der Waals surface area contributed by atoms with Crippen molar-refractivity contribution in [1.29, 1.82) is 0 Å². The largest absolute Gasteiger partial charge is 0.468 e. The molecule has 1 aromatic rings. The number of piperidine rings is 1. The van der Waals surface area contributed by atoms with Crippen molar-refractivity contribution in [2.75, 3.05) is 13.1 Å². The van der Waals surface area contributed by atoms with Gasteiger partial charge >= 0.3 is 0 Å². The van der Waals surface area contributed by atoms with Crippen LogP contribution in [0.1, 0.15) is 32.1 Å². The highest BCUT2D eigenvalue weighted by molar-refractivity contribution is 5.81. The maximum atomic E-state index is 11.4. The average Bonchev–Trinajstić information content (AvgIpc) is 2.74. The van der Waals surface area contributed by atoms with E-state index in [0.29, 0.717) is 12.2 Å². The monoisotopic (exact) mass is 207 g/mol. The maximum absolute atomic E-state index is 11.4. The molecule has 0 aliphatic carbocycles. The standard InChI is InChI=1S/C12H17NO2/c1-9-8-13(6-5-11(9)14)10(2)12-4-3-7-15-12/h3-4,7,9-10H,5-6,8H2,1-2H3. The summed E-state index contributed by atoms with van der Waals surface area (Å²) >= 11 is 0. The highest BCUT2D eigenvalue weighted by Gasteiger charge is 2.27. The van der Waals surface area contributed by atoms with E-state index >= 15 is 0 Å². The molecule has 0 saturated carbocycles. The van der Waals surface area contributed by atoms with E-state index in [1.807, 2.05) is 19.1 Å². The van der Waals surface area contributed by atoms with Crippen LogP contribution in [0.15, 0.2) is 22.8 Å². The second-order valence-electron chi connectivity index (χ2n) is 4.30. The first kappa shape index (κ1) is 10.4. The number of nitrogens with zero attached hydrogens (tertiary/aromatic N) is 1. The third-order valence-electron chi connectivity index (χ3n) is 3.21. The number of hydrogen-bond acceptors (Lipinski definition) is 3. The number of carbonyl (C=O) groups excluding carboxylic acids is 1. The van der Waals surface area contributed by atoms with Gasteiger partial charge in [0.25, 0.3) is 0 Å². The van der Waals surface area contributed by atoms with E-state index in [1.165, 1.54) is 0 Å². The molecular formula is C12H17NO2. The molecule has 3 nitrogen and oxygen atoms in total. The highest BCUT2D eigenvalue weighted by atomic mass is 16.3. The molecule has 2 rings (SSSR count). The lowest BCUT2D eigenvalue weighted by atomic mass is 9.97. The minimum Gasteiger partial charge on any atom is -0.468 e. The lowest BCUT2D eigenvalue weighted by Gasteiger charge is -2.33. The Kier molecular flexibility index (Phi) is 2.91. The highest BCUT2D eigenvalue weighted by Crippen LogP contribution is 2.25. The molecule has 2 heterocycles. The molecule has 0 bridgehead atoms. The fourth-order valence-corrected chi connectivity index (χ4v) is 2.11. The van der Waals surface area contributed by atoms with Crippen LogP contribution < -0.4 is 0 Å². The van der Waals surface area contributed by atoms with Gasteiger partial charge in [0.05, 0.1) is 12.3 Å². The molecule has 15 heavy (non-hydrogen) atoms. The van der Waals surface area contributed by atoms with Gasteiger partial charge in [0.1, 0.15) is 11.5 Å². The van der Waals surface area contributed by atoms with Crippen molar-refractivity contribution < 1.29 is 9.21 Å². The predicted molar refractivity (Wildman–Crippen MR) is 57.5 cm³/mol. The zero-order valence-electron chi connectivity index (χ0n) is 9.27. The minimum absolute atomic E-state index is 0.163. The van der Waals surface area contributed by atoms with Crippen molar-refractivity contribution in [2.45, 2.75) is 26.3 Å². The van der Waals surface area contributed by atoms with Gasteiger partial charge in [-0.2, -0.15) is 0 Å². The smallest absolute Gasteiger partial charge is 0.138 e. The molecule has 2 unspecified atom stereocenters. The summed E-state index contributed by atoms with van der Waals surface area (Å²) in [6.07, 6.45) is 2.37. The van der Waals surface area contributed by atoms with Crippen molar-refractivity contribution in [1.82, 2.24) is 4.90 Å². The van der Waals surface area contributed by atoms with Crippen LogP contribution in [0, 0.1) is 5.92 Å².